The van der Waals surface area contributed by atoms with E-state index in [4.69, 9.17) is 4.98 Å². The van der Waals surface area contributed by atoms with Crippen LogP contribution in [0.25, 0.3) is 21.8 Å². The van der Waals surface area contributed by atoms with Crippen LogP contribution in [0.2, 0.25) is 0 Å². The van der Waals surface area contributed by atoms with E-state index in [2.05, 4.69) is 25.9 Å². The van der Waals surface area contributed by atoms with E-state index in [1.807, 2.05) is 111 Å². The van der Waals surface area contributed by atoms with Crippen LogP contribution in [0.15, 0.2) is 109 Å². The summed E-state index contributed by atoms with van der Waals surface area (Å²) < 4.78 is 0. The number of rotatable bonds is 17. The van der Waals surface area contributed by atoms with Crippen LogP contribution in [0.5, 0.6) is 0 Å². The summed E-state index contributed by atoms with van der Waals surface area (Å²) in [5.41, 5.74) is 3.62. The normalized spacial score (nSPS) is 15.6. The fourth-order valence-electron chi connectivity index (χ4n) is 7.96. The second-order valence-corrected chi connectivity index (χ2v) is 19.1. The number of hydrogen-bond donors (Lipinski definition) is 5. The molecular formula is C48H58N8O6S. The van der Waals surface area contributed by atoms with Crippen molar-refractivity contribution in [1.29, 1.82) is 0 Å². The number of aliphatic hydroxyl groups is 1. The summed E-state index contributed by atoms with van der Waals surface area (Å²) in [4.78, 5) is 71.2. The highest BCUT2D eigenvalue weighted by atomic mass is 32.1. The van der Waals surface area contributed by atoms with Gasteiger partial charge in [-0.3, -0.25) is 19.6 Å². The smallest absolute Gasteiger partial charge is 0.405 e. The molecule has 0 radical (unpaired) electrons. The molecule has 63 heavy (non-hydrogen) atoms. The number of hydrogen-bond acceptors (Lipinski definition) is 9. The molecule has 6 rings (SSSR count). The van der Waals surface area contributed by atoms with E-state index in [1.165, 1.54) is 11.3 Å². The second-order valence-electron chi connectivity index (χ2n) is 18.2. The lowest BCUT2D eigenvalue weighted by atomic mass is 9.84. The topological polar surface area (TPSA) is 190 Å². The highest BCUT2D eigenvalue weighted by Crippen LogP contribution is 2.30. The molecule has 1 fully saturated rings. The third kappa shape index (κ3) is 12.5. The molecule has 332 valence electrons. The minimum atomic E-state index is -1.34. The Morgan fingerprint density at radius 3 is 2.13 bits per heavy atom. The summed E-state index contributed by atoms with van der Waals surface area (Å²) in [6.45, 7) is 12.1. The summed E-state index contributed by atoms with van der Waals surface area (Å²) in [7, 11) is 0. The van der Waals surface area contributed by atoms with E-state index in [0.717, 1.165) is 38.6 Å². The molecule has 0 saturated carbocycles. The monoisotopic (exact) mass is 874 g/mol. The van der Waals surface area contributed by atoms with Crippen molar-refractivity contribution in [2.24, 2.45) is 10.8 Å². The number of urea groups is 1. The number of carbonyl (C=O) groups is 4. The van der Waals surface area contributed by atoms with Gasteiger partial charge in [0.15, 0.2) is 0 Å². The molecule has 0 spiro atoms. The Labute approximate surface area is 373 Å². The van der Waals surface area contributed by atoms with Crippen LogP contribution in [0.4, 0.5) is 9.59 Å². The highest BCUT2D eigenvalue weighted by molar-refractivity contribution is 7.13. The molecule has 1 saturated heterocycles. The van der Waals surface area contributed by atoms with E-state index in [9.17, 15) is 29.4 Å². The molecule has 14 nitrogen and oxygen atoms in total. The maximum atomic E-state index is 14.7. The van der Waals surface area contributed by atoms with Gasteiger partial charge in [-0.15, -0.1) is 11.3 Å². The summed E-state index contributed by atoms with van der Waals surface area (Å²) in [6, 6.07) is 23.0. The van der Waals surface area contributed by atoms with E-state index in [1.54, 1.807) is 49.2 Å². The summed E-state index contributed by atoms with van der Waals surface area (Å²) in [5, 5.41) is 33.1. The van der Waals surface area contributed by atoms with Crippen molar-refractivity contribution in [2.75, 3.05) is 13.1 Å². The van der Waals surface area contributed by atoms with Crippen molar-refractivity contribution < 1.29 is 29.4 Å². The number of aromatic nitrogens is 3. The fourth-order valence-corrected chi connectivity index (χ4v) is 8.76. The van der Waals surface area contributed by atoms with Gasteiger partial charge in [-0.05, 0) is 65.5 Å². The molecule has 3 aromatic heterocycles. The van der Waals surface area contributed by atoms with Crippen molar-refractivity contribution in [1.82, 2.24) is 40.7 Å². The van der Waals surface area contributed by atoms with Crippen LogP contribution < -0.4 is 16.0 Å². The van der Waals surface area contributed by atoms with Crippen molar-refractivity contribution >= 4 is 35.3 Å². The van der Waals surface area contributed by atoms with Crippen molar-refractivity contribution in [3.8, 4) is 21.8 Å². The Morgan fingerprint density at radius 1 is 0.778 bits per heavy atom. The van der Waals surface area contributed by atoms with Gasteiger partial charge in [0.2, 0.25) is 11.8 Å². The van der Waals surface area contributed by atoms with Gasteiger partial charge in [-0.25, -0.2) is 14.6 Å². The Bertz CT molecular complexity index is 2300. The van der Waals surface area contributed by atoms with Crippen LogP contribution in [-0.4, -0.2) is 102 Å². The predicted molar refractivity (Wildman–Crippen MR) is 244 cm³/mol. The number of carbonyl (C=O) groups excluding carboxylic acids is 3. The number of nitrogens with zero attached hydrogens (tertiary/aromatic N) is 5. The van der Waals surface area contributed by atoms with Crippen LogP contribution in [-0.2, 0) is 29.0 Å². The van der Waals surface area contributed by atoms with Crippen molar-refractivity contribution in [3.63, 3.8) is 0 Å². The van der Waals surface area contributed by atoms with Crippen LogP contribution in [0.1, 0.15) is 64.8 Å². The lowest BCUT2D eigenvalue weighted by Gasteiger charge is -2.38. The van der Waals surface area contributed by atoms with Gasteiger partial charge in [-0.1, -0.05) is 102 Å². The lowest BCUT2D eigenvalue weighted by molar-refractivity contribution is -0.130. The van der Waals surface area contributed by atoms with Crippen LogP contribution >= 0.6 is 11.3 Å². The Kier molecular flexibility index (Phi) is 14.9. The minimum Gasteiger partial charge on any atom is -0.465 e. The number of amides is 5. The largest absolute Gasteiger partial charge is 0.465 e. The zero-order valence-electron chi connectivity index (χ0n) is 36.7. The molecule has 0 bridgehead atoms. The predicted octanol–water partition coefficient (Wildman–Crippen LogP) is 6.81. The van der Waals surface area contributed by atoms with Gasteiger partial charge in [0.25, 0.3) is 0 Å². The molecule has 15 heteroatoms. The van der Waals surface area contributed by atoms with Gasteiger partial charge in [0, 0.05) is 54.2 Å². The number of aliphatic hydroxyl groups excluding tert-OH is 1. The SMILES string of the molecule is CC(C)(C)[C@H](NC(=O)O)C(=O)N[C@@H](Cc1ccc(-c2ccccn2)cc1)[C@H](O)C[C@H](Cc1ccccc1)NC(=O)[C@@H](N1CCN(Cc2csc(-c3cccnc3)n2)C1=O)C(C)(C)C. The lowest BCUT2D eigenvalue weighted by Crippen LogP contribution is -2.59. The molecule has 1 aliphatic heterocycles. The summed E-state index contributed by atoms with van der Waals surface area (Å²) in [5.74, 6) is -0.943. The molecule has 1 aliphatic rings. The number of thiazole rings is 1. The molecule has 4 heterocycles. The Morgan fingerprint density at radius 2 is 1.49 bits per heavy atom. The highest BCUT2D eigenvalue weighted by Gasteiger charge is 2.44. The standard InChI is InChI=1S/C48H58N8O6S/c1-47(2,3)40(54-45(60)61)42(58)53-38(26-32-17-19-33(20-18-32)37-16-10-11-22-50-37)39(57)27-35(25-31-13-8-7-9-14-31)51-43(59)41(48(4,5)6)56-24-23-55(46(56)62)29-36-30-63-44(52-36)34-15-12-21-49-28-34/h7-22,28,30,35,38-41,54,57H,23-27,29H2,1-6H3,(H,51,59)(H,53,58)(H,60,61)/t35-,38-,39+,40+,41+/m0/s1. The zero-order valence-corrected chi connectivity index (χ0v) is 37.5. The van der Waals surface area contributed by atoms with Gasteiger partial charge < -0.3 is 36.0 Å². The van der Waals surface area contributed by atoms with Gasteiger partial charge in [0.05, 0.1) is 30.1 Å². The van der Waals surface area contributed by atoms with Crippen molar-refractivity contribution in [2.45, 2.75) is 97.6 Å². The second kappa shape index (κ2) is 20.3. The number of nitrogens with one attached hydrogen (secondary N) is 3. The summed E-state index contributed by atoms with van der Waals surface area (Å²) >= 11 is 1.49. The fraction of sp³-hybridized carbons (Fsp3) is 0.396. The quantitative estimate of drug-likeness (QED) is 0.0669. The first-order valence-electron chi connectivity index (χ1n) is 21.2. The minimum absolute atomic E-state index is 0.0319. The zero-order chi connectivity index (χ0) is 45.3. The van der Waals surface area contributed by atoms with E-state index < -0.39 is 53.1 Å². The Hall–Kier alpha value is -6.19. The molecule has 5 atom stereocenters. The van der Waals surface area contributed by atoms with Gasteiger partial charge >= 0.3 is 12.1 Å². The average Bonchev–Trinajstić information content (AvgIpc) is 3.86. The molecule has 5 amide bonds. The maximum absolute atomic E-state index is 14.7. The number of benzene rings is 2. The first kappa shape index (κ1) is 46.3. The summed E-state index contributed by atoms with van der Waals surface area (Å²) in [6.07, 6.45) is 3.23. The van der Waals surface area contributed by atoms with Gasteiger partial charge in [-0.2, -0.15) is 0 Å². The molecule has 5 aromatic rings. The third-order valence-corrected chi connectivity index (χ3v) is 12.0. The average molecular weight is 875 g/mol. The van der Waals surface area contributed by atoms with E-state index >= 15 is 0 Å². The van der Waals surface area contributed by atoms with Crippen molar-refractivity contribution in [3.05, 3.63) is 126 Å². The maximum Gasteiger partial charge on any atom is 0.405 e. The third-order valence-electron chi connectivity index (χ3n) is 11.1. The van der Waals surface area contributed by atoms with Gasteiger partial charge in [0.1, 0.15) is 17.1 Å². The first-order chi connectivity index (χ1) is 30.0. The number of pyridine rings is 2. The molecule has 0 aliphatic carbocycles. The number of carboxylic acid groups (broad SMARTS) is 1. The van der Waals surface area contributed by atoms with E-state index in [-0.39, 0.29) is 24.8 Å². The van der Waals surface area contributed by atoms with E-state index in [0.29, 0.717) is 26.1 Å². The first-order valence-corrected chi connectivity index (χ1v) is 22.1. The Balaban J connectivity index is 1.23. The van der Waals surface area contributed by atoms with Crippen LogP contribution in [0.3, 0.4) is 0 Å². The molecule has 0 unspecified atom stereocenters. The van der Waals surface area contributed by atoms with Crippen LogP contribution in [0, 0.1) is 10.8 Å². The molecule has 5 N–H and O–H groups in total. The molecular weight excluding hydrogens is 817 g/mol. The molecule has 2 aromatic carbocycles.